The predicted molar refractivity (Wildman–Crippen MR) is 94.9 cm³/mol. The van der Waals surface area contributed by atoms with E-state index < -0.39 is 11.4 Å². The molecule has 4 nitrogen and oxygen atoms in total. The van der Waals surface area contributed by atoms with Crippen molar-refractivity contribution in [1.82, 2.24) is 9.55 Å². The second-order valence-corrected chi connectivity index (χ2v) is 6.66. The molecule has 2 heterocycles. The number of nitrogens with zero attached hydrogens (tertiary/aromatic N) is 3. The van der Waals surface area contributed by atoms with Crippen LogP contribution < -0.4 is 0 Å². The number of hydrogen-bond acceptors (Lipinski definition) is 3. The average molecular weight is 347 g/mol. The summed E-state index contributed by atoms with van der Waals surface area (Å²) in [6, 6.07) is 13.9. The largest absolute Gasteiger partial charge is 0.379 e. The lowest BCUT2D eigenvalue weighted by Crippen LogP contribution is -2.24. The normalized spacial score (nSPS) is 21.4. The first-order valence-corrected chi connectivity index (χ1v) is 8.60. The Bertz CT molecular complexity index is 1000. The van der Waals surface area contributed by atoms with E-state index in [-0.39, 0.29) is 11.6 Å². The number of benzene rings is 2. The Labute approximate surface area is 151 Å². The first-order valence-electron chi connectivity index (χ1n) is 8.60. The minimum atomic E-state index is -1.23. The number of hydrogen-bond donors (Lipinski definition) is 1. The van der Waals surface area contributed by atoms with Crippen molar-refractivity contribution in [3.8, 4) is 6.07 Å². The molecule has 0 bridgehead atoms. The third-order valence-electron chi connectivity index (χ3n) is 5.24. The van der Waals surface area contributed by atoms with Gasteiger partial charge in [-0.05, 0) is 29.7 Å². The van der Waals surface area contributed by atoms with E-state index in [1.54, 1.807) is 24.7 Å². The van der Waals surface area contributed by atoms with Crippen molar-refractivity contribution < 1.29 is 9.50 Å². The molecule has 4 rings (SSSR count). The van der Waals surface area contributed by atoms with Crippen molar-refractivity contribution in [2.75, 3.05) is 0 Å². The number of rotatable bonds is 3. The standard InChI is InChI=1S/C21H18FN3O/c1-2-14-3-6-16(7-4-14)21(26)10-19(25-13-24-12-20(21)25)17-8-5-15(11-23)9-18(17)22/h3-9,12-13,19,26H,2,10H2,1H3. The topological polar surface area (TPSA) is 61.8 Å². The third kappa shape index (κ3) is 2.42. The van der Waals surface area contributed by atoms with E-state index in [1.807, 2.05) is 34.9 Å². The molecule has 0 saturated heterocycles. The highest BCUT2D eigenvalue weighted by Crippen LogP contribution is 2.46. The van der Waals surface area contributed by atoms with Gasteiger partial charge in [-0.15, -0.1) is 0 Å². The lowest BCUT2D eigenvalue weighted by molar-refractivity contribution is 0.0792. The molecule has 0 saturated carbocycles. The van der Waals surface area contributed by atoms with Crippen LogP contribution in [-0.4, -0.2) is 14.7 Å². The highest BCUT2D eigenvalue weighted by atomic mass is 19.1. The number of halogens is 1. The molecule has 130 valence electrons. The van der Waals surface area contributed by atoms with Crippen LogP contribution in [0.2, 0.25) is 0 Å². The first-order chi connectivity index (χ1) is 12.6. The molecule has 1 aliphatic rings. The Hall–Kier alpha value is -2.97. The Morgan fingerprint density at radius 3 is 2.73 bits per heavy atom. The number of imidazole rings is 1. The number of aliphatic hydroxyl groups is 1. The van der Waals surface area contributed by atoms with Crippen LogP contribution in [0.4, 0.5) is 4.39 Å². The zero-order valence-corrected chi connectivity index (χ0v) is 14.4. The molecule has 1 aliphatic heterocycles. The molecule has 3 aromatic rings. The van der Waals surface area contributed by atoms with Crippen LogP contribution >= 0.6 is 0 Å². The first kappa shape index (κ1) is 16.5. The fourth-order valence-corrected chi connectivity index (χ4v) is 3.76. The van der Waals surface area contributed by atoms with Gasteiger partial charge in [0.05, 0.1) is 35.9 Å². The van der Waals surface area contributed by atoms with Gasteiger partial charge in [0.15, 0.2) is 0 Å². The summed E-state index contributed by atoms with van der Waals surface area (Å²) >= 11 is 0. The van der Waals surface area contributed by atoms with E-state index in [4.69, 9.17) is 5.26 Å². The van der Waals surface area contributed by atoms with E-state index in [0.29, 0.717) is 17.7 Å². The van der Waals surface area contributed by atoms with Crippen molar-refractivity contribution in [3.63, 3.8) is 0 Å². The fraction of sp³-hybridized carbons (Fsp3) is 0.238. The lowest BCUT2D eigenvalue weighted by atomic mass is 9.86. The van der Waals surface area contributed by atoms with Crippen LogP contribution in [0.5, 0.6) is 0 Å². The monoisotopic (exact) mass is 347 g/mol. The SMILES string of the molecule is CCc1ccc(C2(O)CC(c3ccc(C#N)cc3F)n3cncc32)cc1. The molecule has 0 spiro atoms. The zero-order valence-electron chi connectivity index (χ0n) is 14.4. The Morgan fingerprint density at radius 2 is 2.08 bits per heavy atom. The molecule has 2 atom stereocenters. The average Bonchev–Trinajstić information content (AvgIpc) is 3.25. The van der Waals surface area contributed by atoms with Gasteiger partial charge in [0, 0.05) is 12.0 Å². The van der Waals surface area contributed by atoms with Gasteiger partial charge in [0.1, 0.15) is 11.4 Å². The summed E-state index contributed by atoms with van der Waals surface area (Å²) in [6.07, 6.45) is 4.50. The van der Waals surface area contributed by atoms with Gasteiger partial charge in [-0.1, -0.05) is 37.3 Å². The summed E-state index contributed by atoms with van der Waals surface area (Å²) in [6.45, 7) is 2.08. The van der Waals surface area contributed by atoms with Crippen LogP contribution in [-0.2, 0) is 12.0 Å². The summed E-state index contributed by atoms with van der Waals surface area (Å²) in [5.41, 5.74) is 2.11. The smallest absolute Gasteiger partial charge is 0.133 e. The minimum absolute atomic E-state index is 0.278. The van der Waals surface area contributed by atoms with Crippen LogP contribution in [0.1, 0.15) is 47.3 Å². The second-order valence-electron chi connectivity index (χ2n) is 6.66. The molecule has 26 heavy (non-hydrogen) atoms. The number of fused-ring (bicyclic) bond motifs is 1. The third-order valence-corrected chi connectivity index (χ3v) is 5.24. The highest BCUT2D eigenvalue weighted by molar-refractivity contribution is 5.41. The van der Waals surface area contributed by atoms with Crippen LogP contribution in [0.3, 0.4) is 0 Å². The Kier molecular flexibility index (Phi) is 3.86. The minimum Gasteiger partial charge on any atom is -0.379 e. The van der Waals surface area contributed by atoms with Crippen molar-refractivity contribution in [1.29, 1.82) is 5.26 Å². The maximum atomic E-state index is 14.6. The molecule has 0 fully saturated rings. The second kappa shape index (κ2) is 6.08. The molecule has 2 aromatic carbocycles. The van der Waals surface area contributed by atoms with E-state index in [0.717, 1.165) is 12.0 Å². The Morgan fingerprint density at radius 1 is 1.31 bits per heavy atom. The molecular weight excluding hydrogens is 329 g/mol. The molecule has 2 unspecified atom stereocenters. The summed E-state index contributed by atoms with van der Waals surface area (Å²) in [5, 5.41) is 20.4. The Balaban J connectivity index is 1.78. The zero-order chi connectivity index (χ0) is 18.3. The van der Waals surface area contributed by atoms with E-state index in [9.17, 15) is 9.50 Å². The van der Waals surface area contributed by atoms with Gasteiger partial charge in [-0.25, -0.2) is 9.37 Å². The summed E-state index contributed by atoms with van der Waals surface area (Å²) < 4.78 is 16.4. The molecule has 0 amide bonds. The van der Waals surface area contributed by atoms with E-state index in [2.05, 4.69) is 11.9 Å². The van der Waals surface area contributed by atoms with Crippen LogP contribution in [0.25, 0.3) is 0 Å². The molecular formula is C21H18FN3O. The molecule has 0 aliphatic carbocycles. The van der Waals surface area contributed by atoms with Crippen molar-refractivity contribution in [2.45, 2.75) is 31.4 Å². The van der Waals surface area contributed by atoms with Crippen LogP contribution in [0, 0.1) is 17.1 Å². The predicted octanol–water partition coefficient (Wildman–Crippen LogP) is 3.69. The molecule has 1 N–H and O–H groups in total. The number of aromatic nitrogens is 2. The molecule has 5 heteroatoms. The van der Waals surface area contributed by atoms with Crippen molar-refractivity contribution in [2.24, 2.45) is 0 Å². The van der Waals surface area contributed by atoms with Gasteiger partial charge < -0.3 is 9.67 Å². The van der Waals surface area contributed by atoms with Gasteiger partial charge >= 0.3 is 0 Å². The molecule has 1 aromatic heterocycles. The maximum absolute atomic E-state index is 14.6. The summed E-state index contributed by atoms with van der Waals surface area (Å²) in [7, 11) is 0. The quantitative estimate of drug-likeness (QED) is 0.786. The number of nitriles is 1. The highest BCUT2D eigenvalue weighted by Gasteiger charge is 2.45. The van der Waals surface area contributed by atoms with E-state index >= 15 is 0 Å². The fourth-order valence-electron chi connectivity index (χ4n) is 3.76. The lowest BCUT2D eigenvalue weighted by Gasteiger charge is -2.23. The van der Waals surface area contributed by atoms with Gasteiger partial charge in [-0.2, -0.15) is 5.26 Å². The summed E-state index contributed by atoms with van der Waals surface area (Å²) in [5.74, 6) is -0.445. The van der Waals surface area contributed by atoms with Crippen molar-refractivity contribution >= 4 is 0 Å². The molecule has 0 radical (unpaired) electrons. The van der Waals surface area contributed by atoms with Gasteiger partial charge in [0.2, 0.25) is 0 Å². The van der Waals surface area contributed by atoms with E-state index in [1.165, 1.54) is 11.6 Å². The number of aryl methyl sites for hydroxylation is 1. The van der Waals surface area contributed by atoms with Crippen molar-refractivity contribution in [3.05, 3.63) is 88.8 Å². The van der Waals surface area contributed by atoms with Gasteiger partial charge in [-0.3, -0.25) is 0 Å². The van der Waals surface area contributed by atoms with Gasteiger partial charge in [0.25, 0.3) is 0 Å². The summed E-state index contributed by atoms with van der Waals surface area (Å²) in [4.78, 5) is 4.17. The maximum Gasteiger partial charge on any atom is 0.133 e. The van der Waals surface area contributed by atoms with Crippen LogP contribution in [0.15, 0.2) is 55.0 Å².